The quantitative estimate of drug-likeness (QED) is 0.770. The van der Waals surface area contributed by atoms with E-state index in [-0.39, 0.29) is 16.6 Å². The first-order valence-electron chi connectivity index (χ1n) is 9.30. The molecule has 7 nitrogen and oxygen atoms in total. The molecule has 9 heteroatoms. The van der Waals surface area contributed by atoms with Gasteiger partial charge in [0.25, 0.3) is 5.91 Å². The van der Waals surface area contributed by atoms with E-state index in [2.05, 4.69) is 5.32 Å². The van der Waals surface area contributed by atoms with Crippen LogP contribution in [0.1, 0.15) is 6.92 Å². The number of sulfonamides is 1. The molecule has 1 aliphatic rings. The second-order valence-electron chi connectivity index (χ2n) is 6.71. The lowest BCUT2D eigenvalue weighted by Gasteiger charge is -2.35. The highest BCUT2D eigenvalue weighted by molar-refractivity contribution is 7.89. The van der Waals surface area contributed by atoms with Crippen molar-refractivity contribution in [2.45, 2.75) is 17.9 Å². The highest BCUT2D eigenvalue weighted by Crippen LogP contribution is 2.23. The number of nitrogens with zero attached hydrogens (tertiary/aromatic N) is 2. The fourth-order valence-corrected chi connectivity index (χ4v) is 4.56. The lowest BCUT2D eigenvalue weighted by atomic mass is 10.2. The first-order chi connectivity index (χ1) is 13.8. The zero-order chi connectivity index (χ0) is 21.0. The van der Waals surface area contributed by atoms with Gasteiger partial charge < -0.3 is 15.0 Å². The largest absolute Gasteiger partial charge is 0.481 e. The Bertz CT molecular complexity index is 941. The fraction of sp³-hybridized carbons (Fsp3) is 0.350. The summed E-state index contributed by atoms with van der Waals surface area (Å²) in [6, 6.07) is 12.2. The maximum absolute atomic E-state index is 13.1. The first-order valence-corrected chi connectivity index (χ1v) is 10.7. The predicted octanol–water partition coefficient (Wildman–Crippen LogP) is 1.85. The van der Waals surface area contributed by atoms with Crippen LogP contribution < -0.4 is 15.0 Å². The summed E-state index contributed by atoms with van der Waals surface area (Å²) in [4.78, 5) is 13.7. The molecule has 0 saturated carbocycles. The molecular formula is C20H24FN3O4S. The van der Waals surface area contributed by atoms with Crippen molar-refractivity contribution < 1.29 is 22.3 Å². The molecule has 0 radical (unpaired) electrons. The summed E-state index contributed by atoms with van der Waals surface area (Å²) in [6.07, 6.45) is -0.679. The summed E-state index contributed by atoms with van der Waals surface area (Å²) in [5.41, 5.74) is 0.871. The Morgan fingerprint density at radius 3 is 2.17 bits per heavy atom. The molecule has 2 aromatic rings. The Morgan fingerprint density at radius 1 is 1.03 bits per heavy atom. The second kappa shape index (κ2) is 8.79. The summed E-state index contributed by atoms with van der Waals surface area (Å²) in [5, 5.41) is 2.49. The van der Waals surface area contributed by atoms with E-state index in [1.54, 1.807) is 31.2 Å². The normalized spacial score (nSPS) is 16.3. The van der Waals surface area contributed by atoms with E-state index < -0.39 is 16.1 Å². The van der Waals surface area contributed by atoms with Gasteiger partial charge >= 0.3 is 0 Å². The molecule has 3 rings (SSSR count). The van der Waals surface area contributed by atoms with Crippen molar-refractivity contribution in [1.29, 1.82) is 0 Å². The van der Waals surface area contributed by atoms with Crippen LogP contribution in [0.3, 0.4) is 0 Å². The number of ether oxygens (including phenoxy) is 1. The molecule has 1 atom stereocenters. The van der Waals surface area contributed by atoms with E-state index in [0.29, 0.717) is 31.9 Å². The fourth-order valence-electron chi connectivity index (χ4n) is 3.14. The Morgan fingerprint density at radius 2 is 1.62 bits per heavy atom. The number of carbonyl (C=O) groups excluding carboxylic acids is 1. The van der Waals surface area contributed by atoms with E-state index >= 15 is 0 Å². The third-order valence-corrected chi connectivity index (χ3v) is 6.73. The van der Waals surface area contributed by atoms with Crippen LogP contribution in [0.4, 0.5) is 10.1 Å². The number of likely N-dealkylation sites (N-methyl/N-ethyl adjacent to an activating group) is 1. The molecule has 0 bridgehead atoms. The van der Waals surface area contributed by atoms with Crippen LogP contribution in [0.5, 0.6) is 5.75 Å². The molecule has 2 aromatic carbocycles. The summed E-state index contributed by atoms with van der Waals surface area (Å²) >= 11 is 0. The van der Waals surface area contributed by atoms with Gasteiger partial charge in [-0.3, -0.25) is 4.79 Å². The molecule has 1 amide bonds. The van der Waals surface area contributed by atoms with Gasteiger partial charge in [-0.25, -0.2) is 12.8 Å². The smallest absolute Gasteiger partial charge is 0.260 e. The van der Waals surface area contributed by atoms with Gasteiger partial charge in [0.1, 0.15) is 11.6 Å². The van der Waals surface area contributed by atoms with Gasteiger partial charge in [0.05, 0.1) is 4.90 Å². The maximum Gasteiger partial charge on any atom is 0.260 e. The van der Waals surface area contributed by atoms with Gasteiger partial charge in [-0.05, 0) is 55.5 Å². The molecule has 0 aromatic heterocycles. The lowest BCUT2D eigenvalue weighted by Crippen LogP contribution is -2.48. The number of halogens is 1. The number of amides is 1. The molecule has 0 aliphatic carbocycles. The highest BCUT2D eigenvalue weighted by Gasteiger charge is 2.28. The molecule has 1 aliphatic heterocycles. The van der Waals surface area contributed by atoms with Crippen LogP contribution in [-0.4, -0.2) is 58.0 Å². The highest BCUT2D eigenvalue weighted by atomic mass is 32.2. The van der Waals surface area contributed by atoms with Crippen molar-refractivity contribution in [3.63, 3.8) is 0 Å². The summed E-state index contributed by atoms with van der Waals surface area (Å²) < 4.78 is 45.9. The van der Waals surface area contributed by atoms with Crippen LogP contribution in [0.2, 0.25) is 0 Å². The zero-order valence-electron chi connectivity index (χ0n) is 16.3. The minimum Gasteiger partial charge on any atom is -0.481 e. The Labute approximate surface area is 170 Å². The summed E-state index contributed by atoms with van der Waals surface area (Å²) in [6.45, 7) is 3.34. The molecule has 156 valence electrons. The topological polar surface area (TPSA) is 78.9 Å². The Balaban J connectivity index is 1.63. The molecular weight excluding hydrogens is 397 g/mol. The molecule has 0 spiro atoms. The van der Waals surface area contributed by atoms with Crippen molar-refractivity contribution in [3.05, 3.63) is 54.3 Å². The predicted molar refractivity (Wildman–Crippen MR) is 108 cm³/mol. The van der Waals surface area contributed by atoms with Gasteiger partial charge in [0.15, 0.2) is 6.10 Å². The third kappa shape index (κ3) is 4.86. The second-order valence-corrected chi connectivity index (χ2v) is 8.65. The number of benzene rings is 2. The molecule has 1 saturated heterocycles. The summed E-state index contributed by atoms with van der Waals surface area (Å²) in [7, 11) is -2.11. The van der Waals surface area contributed by atoms with Crippen molar-refractivity contribution in [2.75, 3.05) is 38.1 Å². The van der Waals surface area contributed by atoms with Crippen LogP contribution in [0, 0.1) is 5.82 Å². The van der Waals surface area contributed by atoms with Gasteiger partial charge in [-0.15, -0.1) is 0 Å². The Hall–Kier alpha value is -2.65. The molecule has 1 fully saturated rings. The zero-order valence-corrected chi connectivity index (χ0v) is 17.2. The number of rotatable bonds is 6. The third-order valence-electron chi connectivity index (χ3n) is 4.82. The van der Waals surface area contributed by atoms with Gasteiger partial charge in [-0.1, -0.05) is 0 Å². The lowest BCUT2D eigenvalue weighted by molar-refractivity contribution is -0.126. The first kappa shape index (κ1) is 21.1. The van der Waals surface area contributed by atoms with E-state index in [0.717, 1.165) is 5.69 Å². The maximum atomic E-state index is 13.1. The van der Waals surface area contributed by atoms with Crippen molar-refractivity contribution >= 4 is 21.6 Å². The molecule has 1 heterocycles. The number of hydrogen-bond donors (Lipinski definition) is 1. The average Bonchev–Trinajstić information content (AvgIpc) is 2.74. The van der Waals surface area contributed by atoms with E-state index in [1.165, 1.54) is 35.6 Å². The minimum atomic E-state index is -3.63. The molecule has 0 unspecified atom stereocenters. The Kier molecular flexibility index (Phi) is 6.39. The SMILES string of the molecule is CNC(=O)[C@H](C)Oc1ccc(S(=O)(=O)N2CCN(c3ccc(F)cc3)CC2)cc1. The standard InChI is InChI=1S/C20H24FN3O4S/c1-15(20(25)22-2)28-18-7-9-19(10-8-18)29(26,27)24-13-11-23(12-14-24)17-5-3-16(21)4-6-17/h3-10,15H,11-14H2,1-2H3,(H,22,25)/t15-/m0/s1. The molecule has 1 N–H and O–H groups in total. The van der Waals surface area contributed by atoms with Crippen molar-refractivity contribution in [1.82, 2.24) is 9.62 Å². The van der Waals surface area contributed by atoms with E-state index in [4.69, 9.17) is 4.74 Å². The number of piperazine rings is 1. The van der Waals surface area contributed by atoms with Crippen LogP contribution in [0.25, 0.3) is 0 Å². The van der Waals surface area contributed by atoms with Crippen molar-refractivity contribution in [2.24, 2.45) is 0 Å². The summed E-state index contributed by atoms with van der Waals surface area (Å²) in [5.74, 6) is -0.144. The van der Waals surface area contributed by atoms with Crippen molar-refractivity contribution in [3.8, 4) is 5.75 Å². The van der Waals surface area contributed by atoms with Gasteiger partial charge in [-0.2, -0.15) is 4.31 Å². The number of hydrogen-bond acceptors (Lipinski definition) is 5. The number of nitrogens with one attached hydrogen (secondary N) is 1. The minimum absolute atomic E-state index is 0.174. The number of anilines is 1. The average molecular weight is 421 g/mol. The molecule has 29 heavy (non-hydrogen) atoms. The van der Waals surface area contributed by atoms with Gasteiger partial charge in [0, 0.05) is 38.9 Å². The number of carbonyl (C=O) groups is 1. The monoisotopic (exact) mass is 421 g/mol. The van der Waals surface area contributed by atoms with Crippen LogP contribution in [-0.2, 0) is 14.8 Å². The van der Waals surface area contributed by atoms with Gasteiger partial charge in [0.2, 0.25) is 10.0 Å². The van der Waals surface area contributed by atoms with E-state index in [1.807, 2.05) is 4.90 Å². The van der Waals surface area contributed by atoms with Crippen LogP contribution in [0.15, 0.2) is 53.4 Å². The van der Waals surface area contributed by atoms with E-state index in [9.17, 15) is 17.6 Å². The van der Waals surface area contributed by atoms with Crippen LogP contribution >= 0.6 is 0 Å².